The molecule has 2 heterocycles. The molecule has 0 saturated heterocycles. The summed E-state index contributed by atoms with van der Waals surface area (Å²) in [5.41, 5.74) is 8.17. The van der Waals surface area contributed by atoms with Crippen LogP contribution in [0, 0.1) is 0 Å². The van der Waals surface area contributed by atoms with Crippen molar-refractivity contribution in [1.82, 2.24) is 9.78 Å². The first-order valence-electron chi connectivity index (χ1n) is 4.57. The smallest absolute Gasteiger partial charge is 0.159 e. The van der Waals surface area contributed by atoms with E-state index in [9.17, 15) is 0 Å². The van der Waals surface area contributed by atoms with Crippen LogP contribution in [0.5, 0.6) is 0 Å². The van der Waals surface area contributed by atoms with Gasteiger partial charge in [-0.05, 0) is 6.07 Å². The summed E-state index contributed by atoms with van der Waals surface area (Å²) in [6, 6.07) is 1.87. The first-order chi connectivity index (χ1) is 7.24. The Labute approximate surface area is 87.4 Å². The Hall–Kier alpha value is -1.75. The summed E-state index contributed by atoms with van der Waals surface area (Å²) in [7, 11) is 3.47. The number of ether oxygens (including phenoxy) is 1. The largest absolute Gasteiger partial charge is 0.462 e. The van der Waals surface area contributed by atoms with Gasteiger partial charge in [-0.2, -0.15) is 5.10 Å². The Morgan fingerprint density at radius 1 is 1.60 bits per heavy atom. The van der Waals surface area contributed by atoms with E-state index < -0.39 is 0 Å². The molecule has 2 aromatic rings. The van der Waals surface area contributed by atoms with Crippen molar-refractivity contribution in [1.29, 1.82) is 0 Å². The van der Waals surface area contributed by atoms with E-state index in [-0.39, 0.29) is 0 Å². The number of methoxy groups -OCH3 is 1. The van der Waals surface area contributed by atoms with Crippen molar-refractivity contribution < 1.29 is 9.15 Å². The molecule has 2 aromatic heterocycles. The molecule has 5 nitrogen and oxygen atoms in total. The second-order valence-corrected chi connectivity index (χ2v) is 3.28. The van der Waals surface area contributed by atoms with Crippen molar-refractivity contribution in [2.24, 2.45) is 7.05 Å². The van der Waals surface area contributed by atoms with Crippen LogP contribution in [0.25, 0.3) is 11.5 Å². The maximum atomic E-state index is 5.81. The van der Waals surface area contributed by atoms with Gasteiger partial charge in [-0.1, -0.05) is 0 Å². The van der Waals surface area contributed by atoms with Crippen LogP contribution in [0.1, 0.15) is 5.56 Å². The van der Waals surface area contributed by atoms with Crippen molar-refractivity contribution in [3.05, 3.63) is 24.1 Å². The fraction of sp³-hybridized carbons (Fsp3) is 0.300. The highest BCUT2D eigenvalue weighted by atomic mass is 16.5. The van der Waals surface area contributed by atoms with Crippen LogP contribution in [-0.4, -0.2) is 16.9 Å². The van der Waals surface area contributed by atoms with Crippen LogP contribution in [-0.2, 0) is 18.4 Å². The molecule has 0 amide bonds. The highest BCUT2D eigenvalue weighted by molar-refractivity contribution is 5.70. The summed E-state index contributed by atoms with van der Waals surface area (Å²) < 4.78 is 12.2. The predicted molar refractivity (Wildman–Crippen MR) is 56.0 cm³/mol. The number of nitrogen functional groups attached to an aromatic ring is 1. The van der Waals surface area contributed by atoms with Gasteiger partial charge in [-0.15, -0.1) is 0 Å². The van der Waals surface area contributed by atoms with Gasteiger partial charge >= 0.3 is 0 Å². The summed E-state index contributed by atoms with van der Waals surface area (Å²) in [4.78, 5) is 0. The van der Waals surface area contributed by atoms with Crippen molar-refractivity contribution in [3.8, 4) is 11.5 Å². The topological polar surface area (TPSA) is 66.2 Å². The van der Waals surface area contributed by atoms with E-state index in [1.807, 2.05) is 13.1 Å². The number of aryl methyl sites for hydroxylation is 1. The maximum Gasteiger partial charge on any atom is 0.159 e. The van der Waals surface area contributed by atoms with E-state index in [1.54, 1.807) is 24.3 Å². The number of anilines is 1. The molecule has 2 rings (SSSR count). The number of hydrogen-bond acceptors (Lipinski definition) is 4. The molecule has 80 valence electrons. The van der Waals surface area contributed by atoms with Gasteiger partial charge in [0.15, 0.2) is 5.76 Å². The van der Waals surface area contributed by atoms with Gasteiger partial charge in [0, 0.05) is 19.7 Å². The monoisotopic (exact) mass is 207 g/mol. The molecule has 0 aliphatic heterocycles. The molecule has 0 saturated carbocycles. The van der Waals surface area contributed by atoms with Crippen molar-refractivity contribution in [3.63, 3.8) is 0 Å². The molecule has 0 spiro atoms. The average molecular weight is 207 g/mol. The van der Waals surface area contributed by atoms with Crippen LogP contribution in [0.3, 0.4) is 0 Å². The van der Waals surface area contributed by atoms with Crippen molar-refractivity contribution in [2.45, 2.75) is 6.61 Å². The summed E-state index contributed by atoms with van der Waals surface area (Å²) in [6.45, 7) is 0.496. The minimum atomic E-state index is 0.496. The zero-order chi connectivity index (χ0) is 10.8. The van der Waals surface area contributed by atoms with Gasteiger partial charge in [0.05, 0.1) is 24.8 Å². The third-order valence-electron chi connectivity index (χ3n) is 2.23. The lowest BCUT2D eigenvalue weighted by atomic mass is 10.2. The molecule has 0 unspecified atom stereocenters. The fourth-order valence-electron chi connectivity index (χ4n) is 1.55. The van der Waals surface area contributed by atoms with Gasteiger partial charge in [-0.25, -0.2) is 0 Å². The highest BCUT2D eigenvalue weighted by Gasteiger charge is 2.15. The van der Waals surface area contributed by atoms with E-state index in [0.717, 1.165) is 11.3 Å². The van der Waals surface area contributed by atoms with E-state index >= 15 is 0 Å². The van der Waals surface area contributed by atoms with Gasteiger partial charge < -0.3 is 14.9 Å². The molecular formula is C10H13N3O2. The fourth-order valence-corrected chi connectivity index (χ4v) is 1.55. The first-order valence-corrected chi connectivity index (χ1v) is 4.57. The normalized spacial score (nSPS) is 10.8. The van der Waals surface area contributed by atoms with Crippen molar-refractivity contribution in [2.75, 3.05) is 12.8 Å². The van der Waals surface area contributed by atoms with E-state index in [1.165, 1.54) is 0 Å². The molecule has 0 aliphatic carbocycles. The zero-order valence-corrected chi connectivity index (χ0v) is 8.73. The standard InChI is InChI=1S/C10H13N3O2/c1-13-9(8(11)5-12-13)10-7(6-14-2)3-4-15-10/h3-5H,6,11H2,1-2H3. The Balaban J connectivity index is 2.49. The Morgan fingerprint density at radius 2 is 2.40 bits per heavy atom. The molecule has 0 bridgehead atoms. The lowest BCUT2D eigenvalue weighted by Gasteiger charge is -2.03. The van der Waals surface area contributed by atoms with Gasteiger partial charge in [0.25, 0.3) is 0 Å². The number of hydrogen-bond donors (Lipinski definition) is 1. The second-order valence-electron chi connectivity index (χ2n) is 3.28. The number of aromatic nitrogens is 2. The third-order valence-corrected chi connectivity index (χ3v) is 2.23. The molecule has 0 fully saturated rings. The minimum absolute atomic E-state index is 0.496. The molecule has 0 atom stereocenters. The van der Waals surface area contributed by atoms with E-state index in [2.05, 4.69) is 5.10 Å². The lowest BCUT2D eigenvalue weighted by molar-refractivity contribution is 0.185. The molecule has 15 heavy (non-hydrogen) atoms. The van der Waals surface area contributed by atoms with Crippen LogP contribution in [0.2, 0.25) is 0 Å². The molecule has 0 aliphatic rings. The lowest BCUT2D eigenvalue weighted by Crippen LogP contribution is -1.97. The summed E-state index contributed by atoms with van der Waals surface area (Å²) in [5.74, 6) is 0.717. The molecule has 0 aromatic carbocycles. The first kappa shape index (κ1) is 9.79. The third kappa shape index (κ3) is 1.61. The summed E-state index contributed by atoms with van der Waals surface area (Å²) >= 11 is 0. The zero-order valence-electron chi connectivity index (χ0n) is 8.73. The predicted octanol–water partition coefficient (Wildman–Crippen LogP) is 1.41. The van der Waals surface area contributed by atoms with Crippen molar-refractivity contribution >= 4 is 5.69 Å². The van der Waals surface area contributed by atoms with Gasteiger partial charge in [0.1, 0.15) is 5.69 Å². The Bertz CT molecular complexity index is 439. The number of nitrogens with zero attached hydrogens (tertiary/aromatic N) is 2. The van der Waals surface area contributed by atoms with Crippen LogP contribution < -0.4 is 5.73 Å². The quantitative estimate of drug-likeness (QED) is 0.826. The molecular weight excluding hydrogens is 194 g/mol. The van der Waals surface area contributed by atoms with Crippen LogP contribution in [0.4, 0.5) is 5.69 Å². The van der Waals surface area contributed by atoms with E-state index in [4.69, 9.17) is 14.9 Å². The second kappa shape index (κ2) is 3.78. The van der Waals surface area contributed by atoms with Crippen LogP contribution >= 0.6 is 0 Å². The Kier molecular flexibility index (Phi) is 2.47. The molecule has 5 heteroatoms. The minimum Gasteiger partial charge on any atom is -0.462 e. The van der Waals surface area contributed by atoms with Crippen LogP contribution in [0.15, 0.2) is 22.9 Å². The Morgan fingerprint density at radius 3 is 3.00 bits per heavy atom. The number of nitrogens with two attached hydrogens (primary N) is 1. The van der Waals surface area contributed by atoms with Gasteiger partial charge in [0.2, 0.25) is 0 Å². The van der Waals surface area contributed by atoms with E-state index in [0.29, 0.717) is 18.1 Å². The summed E-state index contributed by atoms with van der Waals surface area (Å²) in [6.07, 6.45) is 3.23. The number of rotatable bonds is 3. The number of furan rings is 1. The highest BCUT2D eigenvalue weighted by Crippen LogP contribution is 2.29. The SMILES string of the molecule is COCc1ccoc1-c1c(N)cnn1C. The van der Waals surface area contributed by atoms with Gasteiger partial charge in [-0.3, -0.25) is 4.68 Å². The maximum absolute atomic E-state index is 5.81. The summed E-state index contributed by atoms with van der Waals surface area (Å²) in [5, 5.41) is 4.06. The molecule has 0 radical (unpaired) electrons. The molecule has 2 N–H and O–H groups in total. The average Bonchev–Trinajstić information content (AvgIpc) is 2.75.